The summed E-state index contributed by atoms with van der Waals surface area (Å²) in [7, 11) is -1.05. The highest BCUT2D eigenvalue weighted by molar-refractivity contribution is 7.86. The smallest absolute Gasteiger partial charge is 0.460 e. The van der Waals surface area contributed by atoms with E-state index in [1.807, 2.05) is 0 Å². The summed E-state index contributed by atoms with van der Waals surface area (Å²) < 4.78 is 190. The van der Waals surface area contributed by atoms with Gasteiger partial charge in [-0.2, -0.15) is 57.1 Å². The van der Waals surface area contributed by atoms with Crippen LogP contribution in [-0.2, 0) is 10.1 Å². The lowest BCUT2D eigenvalue weighted by Gasteiger charge is -2.39. The third kappa shape index (κ3) is 8.23. The molecule has 0 aliphatic carbocycles. The molecule has 0 aromatic rings. The van der Waals surface area contributed by atoms with Crippen molar-refractivity contribution < 1.29 is 74.5 Å². The van der Waals surface area contributed by atoms with E-state index in [2.05, 4.69) is 28.1 Å². The van der Waals surface area contributed by atoms with Crippen LogP contribution in [0.5, 0.6) is 0 Å². The van der Waals surface area contributed by atoms with E-state index in [1.54, 1.807) is 0 Å². The second kappa shape index (κ2) is 11.6. The zero-order valence-corrected chi connectivity index (χ0v) is 19.8. The monoisotopic (exact) mass is 571 g/mol. The Bertz CT molecular complexity index is 760. The normalized spacial score (nSPS) is 15.0. The Morgan fingerprint density at radius 3 is 1.26 bits per heavy atom. The van der Waals surface area contributed by atoms with Crippen LogP contribution >= 0.6 is 0 Å². The summed E-state index contributed by atoms with van der Waals surface area (Å²) in [6, 6.07) is 0. The van der Waals surface area contributed by atoms with Gasteiger partial charge in [-0.15, -0.1) is 0 Å². The molecule has 0 spiro atoms. The second-order valence-corrected chi connectivity index (χ2v) is 9.97. The topological polar surface area (TPSA) is 57.2 Å². The molecule has 0 atom stereocenters. The van der Waals surface area contributed by atoms with Gasteiger partial charge in [0.15, 0.2) is 10.1 Å². The SMILES string of the molecule is CCCCCCCC[N+](C)(C)C.O=S(=O)([O-])C(F)(F)C(F)(F)C(F)(F)C(F)(F)C(F)(F)C(F)(F)F. The molecule has 18 heteroatoms. The van der Waals surface area contributed by atoms with Gasteiger partial charge in [0.25, 0.3) is 0 Å². The Labute approximate surface area is 193 Å². The average Bonchev–Trinajstić information content (AvgIpc) is 2.61. The van der Waals surface area contributed by atoms with E-state index >= 15 is 0 Å². The maximum absolute atomic E-state index is 12.7. The third-order valence-corrected chi connectivity index (χ3v) is 5.29. The van der Waals surface area contributed by atoms with Crippen molar-refractivity contribution >= 4 is 10.1 Å². The summed E-state index contributed by atoms with van der Waals surface area (Å²) in [5.41, 5.74) is 0. The molecule has 0 aliphatic heterocycles. The highest BCUT2D eigenvalue weighted by atomic mass is 32.2. The first-order valence-electron chi connectivity index (χ1n) is 9.78. The van der Waals surface area contributed by atoms with Crippen LogP contribution in [0.4, 0.5) is 57.1 Å². The number of rotatable bonds is 12. The molecule has 0 aliphatic rings. The number of hydrogen-bond donors (Lipinski definition) is 0. The Hall–Kier alpha value is -1.04. The standard InChI is InChI=1S/C11H26N.C6HF13O3S/c1-5-6-7-8-9-10-11-12(2,3)4;7-1(8,3(11,12)5(15,16)17)2(9,10)4(13,14)6(18,19)23(20,21)22/h5-11H2,1-4H3;(H,20,21,22)/q+1;/p-1. The number of quaternary nitrogens is 1. The summed E-state index contributed by atoms with van der Waals surface area (Å²) in [6.07, 6.45) is 0.867. The molecule has 0 aromatic heterocycles. The molecule has 214 valence electrons. The molecule has 0 radical (unpaired) electrons. The summed E-state index contributed by atoms with van der Waals surface area (Å²) in [6.45, 7) is 3.60. The molecule has 0 N–H and O–H groups in total. The fraction of sp³-hybridized carbons (Fsp3) is 1.00. The summed E-state index contributed by atoms with van der Waals surface area (Å²) in [5.74, 6) is -32.6. The molecule has 4 nitrogen and oxygen atoms in total. The van der Waals surface area contributed by atoms with Crippen LogP contribution in [0.2, 0.25) is 0 Å². The number of unbranched alkanes of at least 4 members (excludes halogenated alkanes) is 5. The maximum Gasteiger partial charge on any atom is 0.460 e. The quantitative estimate of drug-likeness (QED) is 0.120. The predicted octanol–water partition coefficient (Wildman–Crippen LogP) is 6.28. The van der Waals surface area contributed by atoms with Crippen LogP contribution in [0.1, 0.15) is 45.4 Å². The van der Waals surface area contributed by atoms with Crippen molar-refractivity contribution in [1.29, 1.82) is 0 Å². The Morgan fingerprint density at radius 1 is 0.600 bits per heavy atom. The highest BCUT2D eigenvalue weighted by Gasteiger charge is 2.91. The zero-order valence-electron chi connectivity index (χ0n) is 18.9. The fourth-order valence-corrected chi connectivity index (χ4v) is 2.72. The second-order valence-electron chi connectivity index (χ2n) is 8.55. The lowest BCUT2D eigenvalue weighted by molar-refractivity contribution is -0.870. The Balaban J connectivity index is 0. The van der Waals surface area contributed by atoms with Crippen molar-refractivity contribution in [3.05, 3.63) is 0 Å². The van der Waals surface area contributed by atoms with E-state index in [0.29, 0.717) is 0 Å². The minimum Gasteiger partial charge on any atom is -0.743 e. The number of hydrogen-bond acceptors (Lipinski definition) is 3. The molecular weight excluding hydrogens is 545 g/mol. The van der Waals surface area contributed by atoms with Crippen molar-refractivity contribution in [2.24, 2.45) is 0 Å². The van der Waals surface area contributed by atoms with Gasteiger partial charge in [-0.3, -0.25) is 0 Å². The van der Waals surface area contributed by atoms with E-state index in [4.69, 9.17) is 0 Å². The van der Waals surface area contributed by atoms with Gasteiger partial charge in [0.05, 0.1) is 27.7 Å². The first-order valence-corrected chi connectivity index (χ1v) is 11.2. The molecule has 35 heavy (non-hydrogen) atoms. The molecule has 0 aromatic carbocycles. The van der Waals surface area contributed by atoms with Crippen LogP contribution in [0.3, 0.4) is 0 Å². The maximum atomic E-state index is 12.7. The fourth-order valence-electron chi connectivity index (χ4n) is 2.28. The van der Waals surface area contributed by atoms with Crippen molar-refractivity contribution in [3.8, 4) is 0 Å². The lowest BCUT2D eigenvalue weighted by Crippen LogP contribution is -2.71. The van der Waals surface area contributed by atoms with Gasteiger partial charge in [0.1, 0.15) is 0 Å². The van der Waals surface area contributed by atoms with Crippen LogP contribution in [-0.4, -0.2) is 80.3 Å². The van der Waals surface area contributed by atoms with Gasteiger partial charge in [-0.25, -0.2) is 8.42 Å². The Morgan fingerprint density at radius 2 is 0.943 bits per heavy atom. The van der Waals surface area contributed by atoms with E-state index in [9.17, 15) is 70.0 Å². The summed E-state index contributed by atoms with van der Waals surface area (Å²) in [5, 5.41) is -7.63. The molecule has 0 fully saturated rings. The van der Waals surface area contributed by atoms with Crippen LogP contribution in [0, 0.1) is 0 Å². The predicted molar refractivity (Wildman–Crippen MR) is 96.8 cm³/mol. The molecule has 0 unspecified atom stereocenters. The van der Waals surface area contributed by atoms with Gasteiger partial charge < -0.3 is 9.04 Å². The molecular formula is C17H26F13NO3S. The van der Waals surface area contributed by atoms with Gasteiger partial charge in [-0.05, 0) is 12.8 Å². The lowest BCUT2D eigenvalue weighted by atomic mass is 9.98. The van der Waals surface area contributed by atoms with E-state index in [1.165, 1.54) is 45.1 Å². The molecule has 0 rings (SSSR count). The van der Waals surface area contributed by atoms with E-state index < -0.39 is 45.2 Å². The Kier molecular flexibility index (Phi) is 11.9. The average molecular weight is 571 g/mol. The molecule has 0 saturated heterocycles. The van der Waals surface area contributed by atoms with Gasteiger partial charge in [0.2, 0.25) is 0 Å². The highest BCUT2D eigenvalue weighted by Crippen LogP contribution is 2.60. The minimum atomic E-state index is -8.29. The van der Waals surface area contributed by atoms with Crippen molar-refractivity contribution in [1.82, 2.24) is 0 Å². The number of halogens is 13. The molecule has 0 heterocycles. The van der Waals surface area contributed by atoms with Gasteiger partial charge in [-0.1, -0.05) is 32.6 Å². The minimum absolute atomic E-state index is 1.12. The first-order chi connectivity index (χ1) is 15.1. The number of alkyl halides is 13. The van der Waals surface area contributed by atoms with Crippen LogP contribution in [0.15, 0.2) is 0 Å². The van der Waals surface area contributed by atoms with Crippen LogP contribution in [0.25, 0.3) is 0 Å². The first kappa shape index (κ1) is 36.1. The van der Waals surface area contributed by atoms with Crippen molar-refractivity contribution in [3.63, 3.8) is 0 Å². The summed E-state index contributed by atoms with van der Waals surface area (Å²) in [4.78, 5) is 0. The van der Waals surface area contributed by atoms with E-state index in [0.717, 1.165) is 4.48 Å². The largest absolute Gasteiger partial charge is 0.743 e. The zero-order chi connectivity index (χ0) is 28.9. The van der Waals surface area contributed by atoms with Gasteiger partial charge in [0, 0.05) is 0 Å². The van der Waals surface area contributed by atoms with Gasteiger partial charge >= 0.3 is 35.1 Å². The van der Waals surface area contributed by atoms with Crippen molar-refractivity contribution in [2.75, 3.05) is 27.7 Å². The van der Waals surface area contributed by atoms with Crippen molar-refractivity contribution in [2.45, 2.75) is 80.6 Å². The van der Waals surface area contributed by atoms with E-state index in [-0.39, 0.29) is 0 Å². The summed E-state index contributed by atoms with van der Waals surface area (Å²) >= 11 is 0. The number of nitrogens with zero attached hydrogens (tertiary/aromatic N) is 1. The molecule has 0 saturated carbocycles. The molecule has 0 amide bonds. The molecule has 0 bridgehead atoms. The third-order valence-electron chi connectivity index (χ3n) is 4.40. The van der Waals surface area contributed by atoms with Crippen LogP contribution < -0.4 is 0 Å².